The lowest BCUT2D eigenvalue weighted by Crippen LogP contribution is -2.19. The van der Waals surface area contributed by atoms with Gasteiger partial charge >= 0.3 is 0 Å². The molecule has 48 valence electrons. The third-order valence-corrected chi connectivity index (χ3v) is 0.851. The van der Waals surface area contributed by atoms with Gasteiger partial charge in [0, 0.05) is 5.70 Å². The summed E-state index contributed by atoms with van der Waals surface area (Å²) in [6.45, 7) is 5.34. The van der Waals surface area contributed by atoms with Crippen molar-refractivity contribution in [2.45, 2.75) is 6.92 Å². The van der Waals surface area contributed by atoms with Gasteiger partial charge in [0.05, 0.1) is 0 Å². The number of hydrogen-bond acceptors (Lipinski definition) is 1. The Morgan fingerprint density at radius 2 is 2.33 bits per heavy atom. The Morgan fingerprint density at radius 1 is 1.78 bits per heavy atom. The maximum Gasteiger partial charge on any atom is 0.216 e. The van der Waals surface area contributed by atoms with Crippen LogP contribution in [0.25, 0.3) is 0 Å². The monoisotopic (exact) mass is 123 g/mol. The van der Waals surface area contributed by atoms with Gasteiger partial charge in [-0.05, 0) is 13.0 Å². The molecule has 0 saturated carbocycles. The standard InChI is InChI=1S/C6H10BNO/c1-3-5(4-2)8-6(7)9/h3-4H,1,7H2,2H3,(H,8,9)/b5-4+. The molecule has 0 radical (unpaired) electrons. The van der Waals surface area contributed by atoms with Crippen LogP contribution in [0.5, 0.6) is 0 Å². The molecule has 9 heavy (non-hydrogen) atoms. The fraction of sp³-hybridized carbons (Fsp3) is 0.167. The summed E-state index contributed by atoms with van der Waals surface area (Å²) in [5, 5.41) is 2.58. The molecule has 0 saturated heterocycles. The lowest BCUT2D eigenvalue weighted by molar-refractivity contribution is 0.262. The van der Waals surface area contributed by atoms with Gasteiger partial charge < -0.3 is 5.32 Å². The van der Waals surface area contributed by atoms with Crippen LogP contribution in [-0.2, 0) is 0 Å². The summed E-state index contributed by atoms with van der Waals surface area (Å²) in [6.07, 6.45) is 3.38. The minimum absolute atomic E-state index is 0.0667. The van der Waals surface area contributed by atoms with Crippen LogP contribution in [0, 0.1) is 0 Å². The summed E-state index contributed by atoms with van der Waals surface area (Å²) >= 11 is 0. The number of nitrogens with one attached hydrogen (secondary N) is 1. The molecule has 0 heterocycles. The third-order valence-electron chi connectivity index (χ3n) is 0.851. The second-order valence-electron chi connectivity index (χ2n) is 1.63. The van der Waals surface area contributed by atoms with Crippen LogP contribution >= 0.6 is 0 Å². The van der Waals surface area contributed by atoms with E-state index in [2.05, 4.69) is 11.9 Å². The van der Waals surface area contributed by atoms with E-state index in [-0.39, 0.29) is 5.81 Å². The van der Waals surface area contributed by atoms with E-state index in [9.17, 15) is 4.79 Å². The summed E-state index contributed by atoms with van der Waals surface area (Å²) in [5.41, 5.74) is 0.752. The van der Waals surface area contributed by atoms with E-state index < -0.39 is 0 Å². The summed E-state index contributed by atoms with van der Waals surface area (Å²) in [7, 11) is 1.47. The van der Waals surface area contributed by atoms with E-state index >= 15 is 0 Å². The number of carbonyl (C=O) groups excluding carboxylic acids is 1. The van der Waals surface area contributed by atoms with Gasteiger partial charge in [0.2, 0.25) is 7.85 Å². The molecule has 0 bridgehead atoms. The molecule has 0 fully saturated rings. The van der Waals surface area contributed by atoms with E-state index in [1.54, 1.807) is 12.2 Å². The Balaban J connectivity index is 3.86. The fourth-order valence-corrected chi connectivity index (χ4v) is 0.444. The third kappa shape index (κ3) is 3.59. The van der Waals surface area contributed by atoms with Gasteiger partial charge in [-0.3, -0.25) is 4.79 Å². The average Bonchev–Trinajstić information content (AvgIpc) is 1.82. The molecule has 0 spiro atoms. The van der Waals surface area contributed by atoms with Crippen LogP contribution in [0.3, 0.4) is 0 Å². The molecule has 0 aromatic heterocycles. The fourth-order valence-electron chi connectivity index (χ4n) is 0.444. The van der Waals surface area contributed by atoms with Crippen molar-refractivity contribution in [1.29, 1.82) is 0 Å². The highest BCUT2D eigenvalue weighted by Crippen LogP contribution is 1.86. The second-order valence-corrected chi connectivity index (χ2v) is 1.63. The predicted molar refractivity (Wildman–Crippen MR) is 41.0 cm³/mol. The first-order chi connectivity index (χ1) is 4.20. The normalized spacial score (nSPS) is 10.6. The predicted octanol–water partition coefficient (Wildman–Crippen LogP) is 0.419. The Labute approximate surface area is 56.0 Å². The zero-order valence-electron chi connectivity index (χ0n) is 5.77. The van der Waals surface area contributed by atoms with Crippen molar-refractivity contribution in [3.63, 3.8) is 0 Å². The maximum absolute atomic E-state index is 10.4. The van der Waals surface area contributed by atoms with E-state index in [1.807, 2.05) is 6.92 Å². The van der Waals surface area contributed by atoms with Crippen molar-refractivity contribution in [3.8, 4) is 0 Å². The first-order valence-corrected chi connectivity index (χ1v) is 2.77. The molecule has 1 N–H and O–H groups in total. The molecule has 2 nitrogen and oxygen atoms in total. The minimum Gasteiger partial charge on any atom is -0.336 e. The van der Waals surface area contributed by atoms with Crippen molar-refractivity contribution < 1.29 is 4.79 Å². The molecule has 0 aliphatic carbocycles. The van der Waals surface area contributed by atoms with Gasteiger partial charge in [-0.2, -0.15) is 0 Å². The molecule has 3 heteroatoms. The summed E-state index contributed by atoms with van der Waals surface area (Å²) < 4.78 is 0. The van der Waals surface area contributed by atoms with Crippen molar-refractivity contribution in [3.05, 3.63) is 24.4 Å². The highest BCUT2D eigenvalue weighted by atomic mass is 16.1. The maximum atomic E-state index is 10.4. The van der Waals surface area contributed by atoms with Gasteiger partial charge in [0.25, 0.3) is 0 Å². The average molecular weight is 123 g/mol. The number of allylic oxidation sites excluding steroid dienone is 2. The Morgan fingerprint density at radius 3 is 2.44 bits per heavy atom. The first-order valence-electron chi connectivity index (χ1n) is 2.77. The molecule has 0 aromatic rings. The van der Waals surface area contributed by atoms with Gasteiger partial charge in [0.1, 0.15) is 0 Å². The van der Waals surface area contributed by atoms with E-state index in [4.69, 9.17) is 0 Å². The molecule has 0 rings (SSSR count). The highest BCUT2D eigenvalue weighted by Gasteiger charge is 1.89. The lowest BCUT2D eigenvalue weighted by atomic mass is 10.1. The quantitative estimate of drug-likeness (QED) is 0.418. The molecule has 0 unspecified atom stereocenters. The van der Waals surface area contributed by atoms with Crippen LogP contribution in [0.1, 0.15) is 6.92 Å². The van der Waals surface area contributed by atoms with Crippen LogP contribution in [0.15, 0.2) is 24.4 Å². The Bertz CT molecular complexity index is 151. The van der Waals surface area contributed by atoms with Gasteiger partial charge in [-0.25, -0.2) is 0 Å². The molecule has 0 aliphatic rings. The van der Waals surface area contributed by atoms with Crippen molar-refractivity contribution in [2.75, 3.05) is 0 Å². The van der Waals surface area contributed by atoms with Crippen LogP contribution < -0.4 is 5.32 Å². The zero-order chi connectivity index (χ0) is 7.28. The molecule has 0 aromatic carbocycles. The largest absolute Gasteiger partial charge is 0.336 e. The SMILES string of the molecule is BC(=O)N/C(C=C)=C/C. The molecule has 0 atom stereocenters. The number of amides is 1. The number of rotatable bonds is 2. The zero-order valence-corrected chi connectivity index (χ0v) is 5.77. The van der Waals surface area contributed by atoms with E-state index in [0.29, 0.717) is 0 Å². The van der Waals surface area contributed by atoms with Crippen LogP contribution in [0.2, 0.25) is 0 Å². The number of carbonyl (C=O) groups is 1. The van der Waals surface area contributed by atoms with Gasteiger partial charge in [0.15, 0.2) is 5.81 Å². The minimum atomic E-state index is -0.0667. The van der Waals surface area contributed by atoms with Gasteiger partial charge in [-0.1, -0.05) is 12.7 Å². The Kier molecular flexibility index (Phi) is 3.52. The molecule has 0 aliphatic heterocycles. The summed E-state index contributed by atoms with van der Waals surface area (Å²) in [4.78, 5) is 10.4. The first kappa shape index (κ1) is 8.01. The second kappa shape index (κ2) is 3.95. The molecular formula is C6H10BNO. The summed E-state index contributed by atoms with van der Waals surface area (Å²) in [6, 6.07) is 0. The highest BCUT2D eigenvalue weighted by molar-refractivity contribution is 6.57. The molecular weight excluding hydrogens is 113 g/mol. The lowest BCUT2D eigenvalue weighted by Gasteiger charge is -1.98. The Hall–Kier alpha value is -0.985. The smallest absolute Gasteiger partial charge is 0.216 e. The van der Waals surface area contributed by atoms with Crippen molar-refractivity contribution in [2.24, 2.45) is 0 Å². The summed E-state index contributed by atoms with van der Waals surface area (Å²) in [5.74, 6) is -0.0667. The van der Waals surface area contributed by atoms with Crippen molar-refractivity contribution in [1.82, 2.24) is 5.32 Å². The van der Waals surface area contributed by atoms with Gasteiger partial charge in [-0.15, -0.1) is 0 Å². The van der Waals surface area contributed by atoms with E-state index in [0.717, 1.165) is 5.70 Å². The van der Waals surface area contributed by atoms with Crippen LogP contribution in [-0.4, -0.2) is 13.7 Å². The van der Waals surface area contributed by atoms with E-state index in [1.165, 1.54) is 7.85 Å². The van der Waals surface area contributed by atoms with Crippen LogP contribution in [0.4, 0.5) is 4.79 Å². The topological polar surface area (TPSA) is 29.1 Å². The molecule has 1 amide bonds. The number of hydrogen-bond donors (Lipinski definition) is 1. The van der Waals surface area contributed by atoms with Crippen molar-refractivity contribution >= 4 is 13.7 Å².